The van der Waals surface area contributed by atoms with Crippen molar-refractivity contribution in [3.05, 3.63) is 53.6 Å². The molecule has 1 atom stereocenters. The number of hydrogen-bond acceptors (Lipinski definition) is 2. The van der Waals surface area contributed by atoms with Crippen LogP contribution in [0.15, 0.2) is 42.5 Å². The Morgan fingerprint density at radius 1 is 1.08 bits per heavy atom. The molecule has 0 amide bonds. The van der Waals surface area contributed by atoms with Gasteiger partial charge in [0, 0.05) is 5.69 Å². The van der Waals surface area contributed by atoms with E-state index in [0.717, 1.165) is 23.5 Å². The summed E-state index contributed by atoms with van der Waals surface area (Å²) in [5.41, 5.74) is 4.47. The standard InChI is InChI=1S/C22H30N2OS/c1-7-15(2)16-8-11-18(12-9-16)23-21(26)24-19-14-17(22(3,4)5)10-13-20(19)25-6/h8-15H,7H2,1-6H3,(H2,23,24,26). The topological polar surface area (TPSA) is 33.3 Å². The molecule has 1 unspecified atom stereocenters. The van der Waals surface area contributed by atoms with Crippen molar-refractivity contribution in [1.82, 2.24) is 0 Å². The molecule has 2 N–H and O–H groups in total. The predicted octanol–water partition coefficient (Wildman–Crippen LogP) is 6.32. The van der Waals surface area contributed by atoms with Crippen LogP contribution in [0.3, 0.4) is 0 Å². The molecule has 0 aliphatic rings. The number of rotatable bonds is 5. The summed E-state index contributed by atoms with van der Waals surface area (Å²) in [7, 11) is 1.67. The minimum atomic E-state index is 0.0591. The van der Waals surface area contributed by atoms with Crippen LogP contribution in [0.1, 0.15) is 58.1 Å². The van der Waals surface area contributed by atoms with Crippen LogP contribution in [-0.4, -0.2) is 12.2 Å². The highest BCUT2D eigenvalue weighted by atomic mass is 32.1. The van der Waals surface area contributed by atoms with Gasteiger partial charge in [-0.25, -0.2) is 0 Å². The molecule has 0 fully saturated rings. The molecule has 0 aliphatic carbocycles. The molecule has 0 aromatic heterocycles. The van der Waals surface area contributed by atoms with E-state index in [1.165, 1.54) is 11.1 Å². The molecule has 2 aromatic carbocycles. The maximum Gasteiger partial charge on any atom is 0.175 e. The van der Waals surface area contributed by atoms with Gasteiger partial charge in [-0.3, -0.25) is 0 Å². The fourth-order valence-electron chi connectivity index (χ4n) is 2.69. The molecule has 0 aliphatic heterocycles. The summed E-state index contributed by atoms with van der Waals surface area (Å²) in [5, 5.41) is 7.06. The smallest absolute Gasteiger partial charge is 0.175 e. The molecule has 0 radical (unpaired) electrons. The maximum atomic E-state index is 5.49. The van der Waals surface area contributed by atoms with Gasteiger partial charge in [0.25, 0.3) is 0 Å². The maximum absolute atomic E-state index is 5.49. The Balaban J connectivity index is 2.12. The fourth-order valence-corrected chi connectivity index (χ4v) is 2.92. The monoisotopic (exact) mass is 370 g/mol. The van der Waals surface area contributed by atoms with E-state index in [9.17, 15) is 0 Å². The second kappa shape index (κ2) is 8.54. The summed E-state index contributed by atoms with van der Waals surface area (Å²) in [4.78, 5) is 0. The number of thiocarbonyl (C=S) groups is 1. The van der Waals surface area contributed by atoms with Gasteiger partial charge in [-0.1, -0.05) is 52.8 Å². The normalized spacial score (nSPS) is 12.4. The second-order valence-corrected chi connectivity index (χ2v) is 8.08. The quantitative estimate of drug-likeness (QED) is 0.604. The average molecular weight is 371 g/mol. The molecule has 0 bridgehead atoms. The highest BCUT2D eigenvalue weighted by Crippen LogP contribution is 2.31. The van der Waals surface area contributed by atoms with Crippen molar-refractivity contribution >= 4 is 28.7 Å². The SMILES string of the molecule is CCC(C)c1ccc(NC(=S)Nc2cc(C(C)(C)C)ccc2OC)cc1. The summed E-state index contributed by atoms with van der Waals surface area (Å²) < 4.78 is 5.47. The van der Waals surface area contributed by atoms with Crippen molar-refractivity contribution in [2.24, 2.45) is 0 Å². The Morgan fingerprint density at radius 3 is 2.27 bits per heavy atom. The first-order valence-electron chi connectivity index (χ1n) is 9.11. The largest absolute Gasteiger partial charge is 0.495 e. The van der Waals surface area contributed by atoms with Gasteiger partial charge in [0.2, 0.25) is 0 Å². The van der Waals surface area contributed by atoms with Gasteiger partial charge >= 0.3 is 0 Å². The number of nitrogens with one attached hydrogen (secondary N) is 2. The molecule has 2 aromatic rings. The Kier molecular flexibility index (Phi) is 6.65. The molecule has 0 saturated carbocycles. The molecular formula is C22H30N2OS. The van der Waals surface area contributed by atoms with Crippen molar-refractivity contribution in [2.75, 3.05) is 17.7 Å². The van der Waals surface area contributed by atoms with Crippen LogP contribution in [0.25, 0.3) is 0 Å². The van der Waals surface area contributed by atoms with Crippen LogP contribution in [0, 0.1) is 0 Å². The first kappa shape index (κ1) is 20.2. The lowest BCUT2D eigenvalue weighted by Crippen LogP contribution is -2.20. The van der Waals surface area contributed by atoms with Crippen molar-refractivity contribution in [3.8, 4) is 5.75 Å². The number of benzene rings is 2. The van der Waals surface area contributed by atoms with Gasteiger partial charge in [-0.15, -0.1) is 0 Å². The molecule has 140 valence electrons. The van der Waals surface area contributed by atoms with Gasteiger partial charge in [0.05, 0.1) is 12.8 Å². The third kappa shape index (κ3) is 5.21. The van der Waals surface area contributed by atoms with Crippen LogP contribution in [0.4, 0.5) is 11.4 Å². The number of anilines is 2. The van der Waals surface area contributed by atoms with Crippen molar-refractivity contribution in [2.45, 2.75) is 52.4 Å². The number of ether oxygens (including phenoxy) is 1. The minimum Gasteiger partial charge on any atom is -0.495 e. The van der Waals surface area contributed by atoms with E-state index in [1.807, 2.05) is 6.07 Å². The summed E-state index contributed by atoms with van der Waals surface area (Å²) >= 11 is 5.49. The molecule has 3 nitrogen and oxygen atoms in total. The Bertz CT molecular complexity index is 748. The zero-order valence-electron chi connectivity index (χ0n) is 16.6. The summed E-state index contributed by atoms with van der Waals surface area (Å²) in [5.74, 6) is 1.34. The zero-order chi connectivity index (χ0) is 19.3. The Morgan fingerprint density at radius 2 is 1.73 bits per heavy atom. The van der Waals surface area contributed by atoms with E-state index >= 15 is 0 Å². The van der Waals surface area contributed by atoms with E-state index in [2.05, 4.69) is 81.7 Å². The lowest BCUT2D eigenvalue weighted by Gasteiger charge is -2.22. The highest BCUT2D eigenvalue weighted by Gasteiger charge is 2.16. The molecule has 0 heterocycles. The first-order valence-corrected chi connectivity index (χ1v) is 9.52. The fraction of sp³-hybridized carbons (Fsp3) is 0.409. The molecule has 0 saturated heterocycles. The van der Waals surface area contributed by atoms with E-state index in [1.54, 1.807) is 7.11 Å². The van der Waals surface area contributed by atoms with Gasteiger partial charge in [-0.05, 0) is 65.4 Å². The molecular weight excluding hydrogens is 340 g/mol. The van der Waals surface area contributed by atoms with Crippen LogP contribution in [0.2, 0.25) is 0 Å². The van der Waals surface area contributed by atoms with E-state index < -0.39 is 0 Å². The minimum absolute atomic E-state index is 0.0591. The van der Waals surface area contributed by atoms with Gasteiger partial charge in [0.1, 0.15) is 5.75 Å². The van der Waals surface area contributed by atoms with Gasteiger partial charge in [-0.2, -0.15) is 0 Å². The lowest BCUT2D eigenvalue weighted by atomic mass is 9.87. The van der Waals surface area contributed by atoms with Crippen LogP contribution in [-0.2, 0) is 5.41 Å². The summed E-state index contributed by atoms with van der Waals surface area (Å²) in [6, 6.07) is 14.6. The lowest BCUT2D eigenvalue weighted by molar-refractivity contribution is 0.416. The van der Waals surface area contributed by atoms with Crippen LogP contribution in [0.5, 0.6) is 5.75 Å². The predicted molar refractivity (Wildman–Crippen MR) is 117 cm³/mol. The van der Waals surface area contributed by atoms with E-state index in [0.29, 0.717) is 11.0 Å². The van der Waals surface area contributed by atoms with Crippen LogP contribution >= 0.6 is 12.2 Å². The van der Waals surface area contributed by atoms with Crippen molar-refractivity contribution < 1.29 is 4.74 Å². The number of methoxy groups -OCH3 is 1. The first-order chi connectivity index (χ1) is 12.2. The Hall–Kier alpha value is -2.07. The van der Waals surface area contributed by atoms with Gasteiger partial charge < -0.3 is 15.4 Å². The summed E-state index contributed by atoms with van der Waals surface area (Å²) in [6.07, 6.45) is 1.14. The molecule has 2 rings (SSSR count). The van der Waals surface area contributed by atoms with Crippen molar-refractivity contribution in [3.63, 3.8) is 0 Å². The zero-order valence-corrected chi connectivity index (χ0v) is 17.5. The third-order valence-electron chi connectivity index (χ3n) is 4.66. The average Bonchev–Trinajstić information content (AvgIpc) is 2.60. The third-order valence-corrected chi connectivity index (χ3v) is 4.87. The molecule has 0 spiro atoms. The Labute approximate surface area is 163 Å². The van der Waals surface area contributed by atoms with Crippen molar-refractivity contribution in [1.29, 1.82) is 0 Å². The van der Waals surface area contributed by atoms with Crippen LogP contribution < -0.4 is 15.4 Å². The highest BCUT2D eigenvalue weighted by molar-refractivity contribution is 7.80. The van der Waals surface area contributed by atoms with E-state index in [4.69, 9.17) is 17.0 Å². The number of hydrogen-bond donors (Lipinski definition) is 2. The van der Waals surface area contributed by atoms with Gasteiger partial charge in [0.15, 0.2) is 5.11 Å². The molecule has 4 heteroatoms. The summed E-state index contributed by atoms with van der Waals surface area (Å²) in [6.45, 7) is 11.0. The molecule has 26 heavy (non-hydrogen) atoms. The second-order valence-electron chi connectivity index (χ2n) is 7.68. The van der Waals surface area contributed by atoms with E-state index in [-0.39, 0.29) is 5.41 Å².